The minimum absolute atomic E-state index is 0.121. The Hall–Kier alpha value is -2.08. The Labute approximate surface area is 114 Å². The predicted molar refractivity (Wildman–Crippen MR) is 74.6 cm³/mol. The van der Waals surface area contributed by atoms with Crippen molar-refractivity contribution >= 4 is 17.2 Å². The molecule has 0 spiro atoms. The molecule has 0 saturated carbocycles. The Morgan fingerprint density at radius 1 is 1.47 bits per heavy atom. The van der Waals surface area contributed by atoms with E-state index in [0.717, 1.165) is 5.56 Å². The molecule has 2 N–H and O–H groups in total. The zero-order chi connectivity index (χ0) is 14.0. The number of nitrogens with zero attached hydrogens (tertiary/aromatic N) is 2. The fraction of sp³-hybridized carbons (Fsp3) is 0.154. The smallest absolute Gasteiger partial charge is 0.347 e. The van der Waals surface area contributed by atoms with Crippen LogP contribution < -0.4 is 11.4 Å². The van der Waals surface area contributed by atoms with Crippen LogP contribution in [0.25, 0.3) is 0 Å². The molecule has 98 valence electrons. The molecular weight excluding hydrogens is 265 g/mol. The summed E-state index contributed by atoms with van der Waals surface area (Å²) in [5.41, 5.74) is 7.00. The minimum Gasteiger partial charge on any atom is -0.389 e. The first-order valence-electron chi connectivity index (χ1n) is 5.58. The van der Waals surface area contributed by atoms with Gasteiger partial charge in [0.15, 0.2) is 0 Å². The third kappa shape index (κ3) is 3.23. The van der Waals surface area contributed by atoms with Crippen LogP contribution in [0, 0.1) is 12.7 Å². The van der Waals surface area contributed by atoms with Crippen molar-refractivity contribution in [3.05, 3.63) is 63.6 Å². The van der Waals surface area contributed by atoms with Crippen LogP contribution in [0.5, 0.6) is 0 Å². The number of hydrogen-bond acceptors (Lipinski definition) is 3. The number of halogens is 1. The van der Waals surface area contributed by atoms with Crippen LogP contribution in [-0.2, 0) is 6.54 Å². The van der Waals surface area contributed by atoms with Gasteiger partial charge in [-0.3, -0.25) is 4.57 Å². The Bertz CT molecular complexity index is 697. The monoisotopic (exact) mass is 277 g/mol. The normalized spacial score (nSPS) is 10.4. The quantitative estimate of drug-likeness (QED) is 0.861. The van der Waals surface area contributed by atoms with Gasteiger partial charge in [-0.1, -0.05) is 12.2 Å². The van der Waals surface area contributed by atoms with Gasteiger partial charge in [0.1, 0.15) is 10.8 Å². The molecule has 0 radical (unpaired) electrons. The third-order valence-electron chi connectivity index (χ3n) is 2.58. The predicted octanol–water partition coefficient (Wildman–Crippen LogP) is 1.37. The highest BCUT2D eigenvalue weighted by Crippen LogP contribution is 2.10. The number of hydrogen-bond donors (Lipinski definition) is 1. The van der Waals surface area contributed by atoms with Crippen LogP contribution in [0.4, 0.5) is 4.39 Å². The van der Waals surface area contributed by atoms with E-state index in [4.69, 9.17) is 18.0 Å². The zero-order valence-electron chi connectivity index (χ0n) is 10.3. The van der Waals surface area contributed by atoms with Crippen molar-refractivity contribution in [3.63, 3.8) is 0 Å². The van der Waals surface area contributed by atoms with E-state index in [-0.39, 0.29) is 17.2 Å². The molecule has 0 aliphatic rings. The van der Waals surface area contributed by atoms with E-state index < -0.39 is 5.82 Å². The van der Waals surface area contributed by atoms with Crippen molar-refractivity contribution in [2.45, 2.75) is 13.5 Å². The maximum atomic E-state index is 13.5. The summed E-state index contributed by atoms with van der Waals surface area (Å²) in [6, 6.07) is 4.28. The highest BCUT2D eigenvalue weighted by molar-refractivity contribution is 7.80. The van der Waals surface area contributed by atoms with Crippen molar-refractivity contribution in [2.75, 3.05) is 0 Å². The molecule has 1 aromatic heterocycles. The van der Waals surface area contributed by atoms with Crippen LogP contribution >= 0.6 is 12.2 Å². The van der Waals surface area contributed by atoms with Gasteiger partial charge in [0.05, 0.1) is 6.54 Å². The summed E-state index contributed by atoms with van der Waals surface area (Å²) in [4.78, 5) is 15.4. The molecule has 2 rings (SSSR count). The Morgan fingerprint density at radius 3 is 2.89 bits per heavy atom. The lowest BCUT2D eigenvalue weighted by molar-refractivity contribution is 0.621. The number of thiocarbonyl (C=S) groups is 1. The summed E-state index contributed by atoms with van der Waals surface area (Å²) < 4.78 is 14.9. The van der Waals surface area contributed by atoms with Gasteiger partial charge in [0.2, 0.25) is 0 Å². The maximum Gasteiger partial charge on any atom is 0.347 e. The summed E-state index contributed by atoms with van der Waals surface area (Å²) in [5, 5.41) is 0. The summed E-state index contributed by atoms with van der Waals surface area (Å²) in [6.07, 6.45) is 3.16. The molecule has 4 nitrogen and oxygen atoms in total. The Balaban J connectivity index is 2.40. The second-order valence-electron chi connectivity index (χ2n) is 4.25. The zero-order valence-corrected chi connectivity index (χ0v) is 11.1. The molecule has 19 heavy (non-hydrogen) atoms. The number of aryl methyl sites for hydroxylation is 1. The Kier molecular flexibility index (Phi) is 3.71. The van der Waals surface area contributed by atoms with Crippen molar-refractivity contribution in [2.24, 2.45) is 5.73 Å². The molecule has 0 atom stereocenters. The van der Waals surface area contributed by atoms with E-state index in [1.165, 1.54) is 22.9 Å². The molecule has 0 saturated heterocycles. The van der Waals surface area contributed by atoms with Gasteiger partial charge in [0, 0.05) is 18.0 Å². The molecular formula is C13H12FN3OS. The van der Waals surface area contributed by atoms with E-state index in [0.29, 0.717) is 11.1 Å². The topological polar surface area (TPSA) is 60.9 Å². The van der Waals surface area contributed by atoms with Gasteiger partial charge in [-0.2, -0.15) is 0 Å². The SMILES string of the molecule is Cc1cnc(=O)n(Cc2cc(F)cc(C(N)=S)c2)c1. The third-order valence-corrected chi connectivity index (χ3v) is 2.81. The summed E-state index contributed by atoms with van der Waals surface area (Å²) in [5.74, 6) is -0.436. The average Bonchev–Trinajstić information content (AvgIpc) is 2.33. The van der Waals surface area contributed by atoms with Crippen LogP contribution in [0.3, 0.4) is 0 Å². The highest BCUT2D eigenvalue weighted by Gasteiger charge is 2.05. The molecule has 0 bridgehead atoms. The van der Waals surface area contributed by atoms with E-state index in [9.17, 15) is 9.18 Å². The lowest BCUT2D eigenvalue weighted by atomic mass is 10.1. The second-order valence-corrected chi connectivity index (χ2v) is 4.69. The number of nitrogens with two attached hydrogens (primary N) is 1. The number of aromatic nitrogens is 2. The molecule has 1 heterocycles. The molecule has 0 aliphatic carbocycles. The lowest BCUT2D eigenvalue weighted by Gasteiger charge is -2.08. The molecule has 0 unspecified atom stereocenters. The highest BCUT2D eigenvalue weighted by atomic mass is 32.1. The molecule has 1 aromatic carbocycles. The molecule has 2 aromatic rings. The standard InChI is InChI=1S/C13H12FN3OS/c1-8-5-16-13(18)17(6-8)7-9-2-10(12(15)19)4-11(14)3-9/h2-6H,7H2,1H3,(H2,15,19). The van der Waals surface area contributed by atoms with Gasteiger partial charge in [-0.15, -0.1) is 0 Å². The summed E-state index contributed by atoms with van der Waals surface area (Å²) >= 11 is 4.82. The van der Waals surface area contributed by atoms with Gasteiger partial charge in [0.25, 0.3) is 0 Å². The molecule has 6 heteroatoms. The van der Waals surface area contributed by atoms with Gasteiger partial charge >= 0.3 is 5.69 Å². The first-order valence-corrected chi connectivity index (χ1v) is 5.99. The van der Waals surface area contributed by atoms with Crippen molar-refractivity contribution in [1.29, 1.82) is 0 Å². The van der Waals surface area contributed by atoms with E-state index in [2.05, 4.69) is 4.98 Å². The Morgan fingerprint density at radius 2 is 2.21 bits per heavy atom. The minimum atomic E-state index is -0.436. The average molecular weight is 277 g/mol. The second kappa shape index (κ2) is 5.27. The van der Waals surface area contributed by atoms with E-state index >= 15 is 0 Å². The van der Waals surface area contributed by atoms with Crippen molar-refractivity contribution < 1.29 is 4.39 Å². The molecule has 0 fully saturated rings. The molecule has 0 amide bonds. The van der Waals surface area contributed by atoms with Crippen LogP contribution in [-0.4, -0.2) is 14.5 Å². The molecule has 0 aliphatic heterocycles. The summed E-state index contributed by atoms with van der Waals surface area (Å²) in [7, 11) is 0. The number of benzene rings is 1. The van der Waals surface area contributed by atoms with E-state index in [1.54, 1.807) is 12.3 Å². The first kappa shape index (κ1) is 13.4. The van der Waals surface area contributed by atoms with Crippen LogP contribution in [0.15, 0.2) is 35.4 Å². The first-order chi connectivity index (χ1) is 8.95. The van der Waals surface area contributed by atoms with Gasteiger partial charge in [-0.05, 0) is 36.2 Å². The fourth-order valence-corrected chi connectivity index (χ4v) is 1.88. The maximum absolute atomic E-state index is 13.5. The van der Waals surface area contributed by atoms with Crippen LogP contribution in [0.2, 0.25) is 0 Å². The van der Waals surface area contributed by atoms with E-state index in [1.807, 2.05) is 6.92 Å². The fourth-order valence-electron chi connectivity index (χ4n) is 1.76. The summed E-state index contributed by atoms with van der Waals surface area (Å²) in [6.45, 7) is 2.05. The van der Waals surface area contributed by atoms with Crippen LogP contribution in [0.1, 0.15) is 16.7 Å². The van der Waals surface area contributed by atoms with Crippen molar-refractivity contribution in [1.82, 2.24) is 9.55 Å². The number of rotatable bonds is 3. The van der Waals surface area contributed by atoms with Gasteiger partial charge < -0.3 is 5.73 Å². The van der Waals surface area contributed by atoms with Gasteiger partial charge in [-0.25, -0.2) is 14.2 Å². The van der Waals surface area contributed by atoms with Crippen molar-refractivity contribution in [3.8, 4) is 0 Å². The lowest BCUT2D eigenvalue weighted by Crippen LogP contribution is -2.23. The largest absolute Gasteiger partial charge is 0.389 e.